The number of carbonyl (C=O) groups is 4. The summed E-state index contributed by atoms with van der Waals surface area (Å²) >= 11 is 0. The van der Waals surface area contributed by atoms with E-state index in [1.807, 2.05) is 0 Å². The van der Waals surface area contributed by atoms with Gasteiger partial charge >= 0.3 is 39.5 Å². The lowest BCUT2D eigenvalue weighted by atomic mass is 9.99. The van der Waals surface area contributed by atoms with Crippen LogP contribution < -0.4 is 0 Å². The lowest BCUT2D eigenvalue weighted by molar-refractivity contribution is -0.161. The van der Waals surface area contributed by atoms with Gasteiger partial charge in [0.25, 0.3) is 0 Å². The van der Waals surface area contributed by atoms with Crippen LogP contribution in [0.25, 0.3) is 0 Å². The van der Waals surface area contributed by atoms with Crippen LogP contribution in [0.3, 0.4) is 0 Å². The largest absolute Gasteiger partial charge is 0.472 e. The molecule has 0 saturated heterocycles. The average Bonchev–Trinajstić information content (AvgIpc) is 0.896. The fourth-order valence-corrected chi connectivity index (χ4v) is 15.7. The van der Waals surface area contributed by atoms with E-state index >= 15 is 0 Å². The normalized spacial score (nSPS) is 13.9. The summed E-state index contributed by atoms with van der Waals surface area (Å²) in [6, 6.07) is 0. The molecular formula is C90H176O17P2. The molecule has 0 saturated carbocycles. The highest BCUT2D eigenvalue weighted by molar-refractivity contribution is 7.47. The molecular weight excluding hydrogens is 1410 g/mol. The predicted octanol–water partition coefficient (Wildman–Crippen LogP) is 27.9. The maximum Gasteiger partial charge on any atom is 0.472 e. The number of phosphoric ester groups is 2. The number of unbranched alkanes of at least 4 members (excludes halogenated alkanes) is 61. The highest BCUT2D eigenvalue weighted by Crippen LogP contribution is 2.45. The molecule has 0 aliphatic carbocycles. The molecule has 0 rings (SSSR count). The summed E-state index contributed by atoms with van der Waals surface area (Å²) in [7, 11) is -9.93. The smallest absolute Gasteiger partial charge is 0.462 e. The Morgan fingerprint density at radius 2 is 0.440 bits per heavy atom. The SMILES string of the molecule is CCCCCCCCCCCCCCCCCCCCCCCCC(=O)OC[C@H](COP(=O)(O)OC[C@@H](O)COP(=O)(O)OC[C@@H](COC(=O)CCCCCCCCCCCC)OC(=O)CCCCCCCCCCCCCCCCC)OC(=O)CCCCCCCCCCCCCCCCCCCCC(C)CC. The summed E-state index contributed by atoms with van der Waals surface area (Å²) in [5.41, 5.74) is 0. The van der Waals surface area contributed by atoms with Crippen molar-refractivity contribution in [1.29, 1.82) is 0 Å². The first-order chi connectivity index (χ1) is 53.1. The Kier molecular flexibility index (Phi) is 81.1. The number of phosphoric acid groups is 2. The zero-order valence-electron chi connectivity index (χ0n) is 71.7. The van der Waals surface area contributed by atoms with Crippen molar-refractivity contribution in [1.82, 2.24) is 0 Å². The standard InChI is InChI=1S/C90H176O17P2/c1-6-10-13-16-19-22-25-27-29-30-31-32-33-34-38-42-45-49-54-59-64-69-74-88(93)101-80-86(107-90(95)76-71-66-61-56-51-47-43-39-36-35-37-41-44-48-52-57-62-67-72-83(5)9-4)82-105-109(98,99)103-78-84(91)77-102-108(96,97)104-81-85(79-100-87(92)73-68-63-58-53-24-21-18-15-12-8-3)106-89(94)75-70-65-60-55-50-46-40-28-26-23-20-17-14-11-7-2/h83-86,91H,6-82H2,1-5H3,(H,96,97)(H,98,99)/t83?,84-,85+,86+/m0/s1. The van der Waals surface area contributed by atoms with E-state index in [1.54, 1.807) is 0 Å². The lowest BCUT2D eigenvalue weighted by Crippen LogP contribution is -2.30. The van der Waals surface area contributed by atoms with Crippen molar-refractivity contribution in [3.8, 4) is 0 Å². The average molecular weight is 1590 g/mol. The third-order valence-electron chi connectivity index (χ3n) is 21.6. The van der Waals surface area contributed by atoms with Gasteiger partial charge in [0.05, 0.1) is 26.4 Å². The van der Waals surface area contributed by atoms with E-state index in [2.05, 4.69) is 34.6 Å². The molecule has 0 aliphatic rings. The van der Waals surface area contributed by atoms with Crippen molar-refractivity contribution in [2.24, 2.45) is 5.92 Å². The monoisotopic (exact) mass is 1590 g/mol. The zero-order valence-corrected chi connectivity index (χ0v) is 73.5. The van der Waals surface area contributed by atoms with Crippen molar-refractivity contribution in [2.45, 2.75) is 509 Å². The molecule has 0 heterocycles. The lowest BCUT2D eigenvalue weighted by Gasteiger charge is -2.21. The van der Waals surface area contributed by atoms with Gasteiger partial charge in [-0.1, -0.05) is 439 Å². The van der Waals surface area contributed by atoms with E-state index in [4.69, 9.17) is 37.0 Å². The minimum atomic E-state index is -4.97. The fraction of sp³-hybridized carbons (Fsp3) is 0.956. The minimum absolute atomic E-state index is 0.109. The van der Waals surface area contributed by atoms with Gasteiger partial charge in [0.15, 0.2) is 12.2 Å². The molecule has 0 bridgehead atoms. The number of aliphatic hydroxyl groups is 1. The van der Waals surface area contributed by atoms with Crippen LogP contribution >= 0.6 is 15.6 Å². The molecule has 19 heteroatoms. The van der Waals surface area contributed by atoms with Crippen LogP contribution in [-0.4, -0.2) is 96.7 Å². The number of ether oxygens (including phenoxy) is 4. The van der Waals surface area contributed by atoms with Gasteiger partial charge in [-0.15, -0.1) is 0 Å². The number of rotatable bonds is 90. The van der Waals surface area contributed by atoms with Crippen molar-refractivity contribution < 1.29 is 80.2 Å². The van der Waals surface area contributed by atoms with Crippen LogP contribution in [0, 0.1) is 5.92 Å². The maximum absolute atomic E-state index is 13.2. The molecule has 17 nitrogen and oxygen atoms in total. The molecule has 109 heavy (non-hydrogen) atoms. The zero-order chi connectivity index (χ0) is 79.7. The highest BCUT2D eigenvalue weighted by atomic mass is 31.2. The van der Waals surface area contributed by atoms with Crippen LogP contribution in [0.5, 0.6) is 0 Å². The van der Waals surface area contributed by atoms with E-state index in [1.165, 1.54) is 315 Å². The summed E-state index contributed by atoms with van der Waals surface area (Å²) in [4.78, 5) is 73.3. The quantitative estimate of drug-likeness (QED) is 0.0222. The molecule has 3 unspecified atom stereocenters. The Morgan fingerprint density at radius 1 is 0.257 bits per heavy atom. The summed E-state index contributed by atoms with van der Waals surface area (Å²) in [6.07, 6.45) is 77.9. The molecule has 0 aromatic carbocycles. The Balaban J connectivity index is 5.20. The second-order valence-electron chi connectivity index (χ2n) is 32.6. The molecule has 648 valence electrons. The van der Waals surface area contributed by atoms with Crippen LogP contribution in [0.4, 0.5) is 0 Å². The van der Waals surface area contributed by atoms with Gasteiger partial charge in [0.1, 0.15) is 19.3 Å². The van der Waals surface area contributed by atoms with E-state index in [0.29, 0.717) is 25.7 Å². The van der Waals surface area contributed by atoms with Crippen LogP contribution in [-0.2, 0) is 65.4 Å². The molecule has 0 radical (unpaired) electrons. The van der Waals surface area contributed by atoms with Crippen molar-refractivity contribution in [3.05, 3.63) is 0 Å². The molecule has 0 aromatic rings. The number of aliphatic hydroxyl groups excluding tert-OH is 1. The number of esters is 4. The molecule has 0 aromatic heterocycles. The third kappa shape index (κ3) is 82.4. The summed E-state index contributed by atoms with van der Waals surface area (Å²) < 4.78 is 69.0. The Labute approximate surface area is 670 Å². The first kappa shape index (κ1) is 107. The van der Waals surface area contributed by atoms with Gasteiger partial charge in [-0.05, 0) is 31.6 Å². The molecule has 0 spiro atoms. The number of hydrogen-bond acceptors (Lipinski definition) is 15. The summed E-state index contributed by atoms with van der Waals surface area (Å²) in [5.74, 6) is -1.22. The fourth-order valence-electron chi connectivity index (χ4n) is 14.1. The van der Waals surface area contributed by atoms with E-state index in [9.17, 15) is 43.2 Å². The Morgan fingerprint density at radius 3 is 0.651 bits per heavy atom. The molecule has 0 aliphatic heterocycles. The van der Waals surface area contributed by atoms with Gasteiger partial charge in [-0.2, -0.15) is 0 Å². The topological polar surface area (TPSA) is 237 Å². The van der Waals surface area contributed by atoms with Gasteiger partial charge in [0.2, 0.25) is 0 Å². The summed E-state index contributed by atoms with van der Waals surface area (Å²) in [5, 5.41) is 10.7. The van der Waals surface area contributed by atoms with E-state index in [0.717, 1.165) is 95.8 Å². The first-order valence-corrected chi connectivity index (χ1v) is 49.7. The predicted molar refractivity (Wildman–Crippen MR) is 451 cm³/mol. The second kappa shape index (κ2) is 82.6. The van der Waals surface area contributed by atoms with Gasteiger partial charge in [-0.3, -0.25) is 37.3 Å². The van der Waals surface area contributed by atoms with E-state index in [-0.39, 0.29) is 25.7 Å². The number of carbonyl (C=O) groups excluding carboxylic acids is 4. The molecule has 3 N–H and O–H groups in total. The third-order valence-corrected chi connectivity index (χ3v) is 23.5. The van der Waals surface area contributed by atoms with Gasteiger partial charge in [-0.25, -0.2) is 9.13 Å². The van der Waals surface area contributed by atoms with Gasteiger partial charge in [0, 0.05) is 25.7 Å². The van der Waals surface area contributed by atoms with Crippen molar-refractivity contribution in [3.63, 3.8) is 0 Å². The van der Waals surface area contributed by atoms with E-state index < -0.39 is 97.5 Å². The van der Waals surface area contributed by atoms with Crippen LogP contribution in [0.2, 0.25) is 0 Å². The second-order valence-corrected chi connectivity index (χ2v) is 35.5. The molecule has 0 fully saturated rings. The van der Waals surface area contributed by atoms with Gasteiger partial charge < -0.3 is 33.8 Å². The van der Waals surface area contributed by atoms with Crippen molar-refractivity contribution >= 4 is 39.5 Å². The number of hydrogen-bond donors (Lipinski definition) is 3. The van der Waals surface area contributed by atoms with Crippen molar-refractivity contribution in [2.75, 3.05) is 39.6 Å². The molecule has 6 atom stereocenters. The highest BCUT2D eigenvalue weighted by Gasteiger charge is 2.31. The van der Waals surface area contributed by atoms with Crippen LogP contribution in [0.1, 0.15) is 490 Å². The Bertz CT molecular complexity index is 2070. The summed E-state index contributed by atoms with van der Waals surface area (Å²) in [6.45, 7) is 7.44. The van der Waals surface area contributed by atoms with Crippen LogP contribution in [0.15, 0.2) is 0 Å². The maximum atomic E-state index is 13.2. The Hall–Kier alpha value is -1.94. The minimum Gasteiger partial charge on any atom is -0.462 e. The first-order valence-electron chi connectivity index (χ1n) is 46.7. The molecule has 0 amide bonds.